The van der Waals surface area contributed by atoms with Crippen LogP contribution in [0.1, 0.15) is 49.2 Å². The molecule has 2 N–H and O–H groups in total. The number of aromatic nitrogens is 1. The molecule has 0 aromatic carbocycles. The van der Waals surface area contributed by atoms with Gasteiger partial charge in [0.15, 0.2) is 11.7 Å². The number of carbonyl (C=O) groups excluding carboxylic acids is 2. The number of hydrogen-bond donors (Lipinski definition) is 1. The van der Waals surface area contributed by atoms with E-state index in [-0.39, 0.29) is 12.3 Å². The van der Waals surface area contributed by atoms with Crippen LogP contribution < -0.4 is 5.73 Å². The fraction of sp³-hybridized carbons (Fsp3) is 0.583. The van der Waals surface area contributed by atoms with Crippen molar-refractivity contribution >= 4 is 23.3 Å². The van der Waals surface area contributed by atoms with Crippen molar-refractivity contribution in [2.24, 2.45) is 5.73 Å². The van der Waals surface area contributed by atoms with Gasteiger partial charge in [-0.1, -0.05) is 0 Å². The number of esters is 2. The third-order valence-corrected chi connectivity index (χ3v) is 2.86. The predicted molar refractivity (Wildman–Crippen MR) is 70.8 cm³/mol. The molecule has 0 radical (unpaired) electrons. The lowest BCUT2D eigenvalue weighted by Gasteiger charge is -2.21. The third kappa shape index (κ3) is 4.60. The van der Waals surface area contributed by atoms with Crippen LogP contribution in [0.5, 0.6) is 0 Å². The second kappa shape index (κ2) is 6.12. The summed E-state index contributed by atoms with van der Waals surface area (Å²) < 4.78 is 9.97. The average molecular weight is 286 g/mol. The topological polar surface area (TPSA) is 91.5 Å². The van der Waals surface area contributed by atoms with E-state index in [9.17, 15) is 9.59 Å². The van der Waals surface area contributed by atoms with Gasteiger partial charge in [0.25, 0.3) is 0 Å². The normalized spacial score (nSPS) is 12.9. The second-order valence-corrected chi connectivity index (χ2v) is 5.69. The number of thiazole rings is 1. The molecule has 7 heteroatoms. The molecule has 0 aliphatic rings. The number of hydrogen-bond acceptors (Lipinski definition) is 7. The van der Waals surface area contributed by atoms with Gasteiger partial charge >= 0.3 is 11.9 Å². The van der Waals surface area contributed by atoms with Gasteiger partial charge in [0.2, 0.25) is 0 Å². The fourth-order valence-electron chi connectivity index (χ4n) is 1.20. The van der Waals surface area contributed by atoms with Crippen molar-refractivity contribution in [2.45, 2.75) is 39.3 Å². The van der Waals surface area contributed by atoms with Crippen LogP contribution >= 0.6 is 11.3 Å². The van der Waals surface area contributed by atoms with E-state index < -0.39 is 23.6 Å². The zero-order chi connectivity index (χ0) is 14.6. The zero-order valence-electron chi connectivity index (χ0n) is 11.4. The quantitative estimate of drug-likeness (QED) is 0.846. The summed E-state index contributed by atoms with van der Waals surface area (Å²) in [5.41, 5.74) is 5.29. The van der Waals surface area contributed by atoms with Crippen molar-refractivity contribution in [1.82, 2.24) is 4.98 Å². The molecular weight excluding hydrogens is 268 g/mol. The highest BCUT2D eigenvalue weighted by atomic mass is 32.1. The van der Waals surface area contributed by atoms with Crippen molar-refractivity contribution in [3.05, 3.63) is 16.1 Å². The molecule has 0 amide bonds. The van der Waals surface area contributed by atoms with Crippen molar-refractivity contribution in [1.29, 1.82) is 0 Å². The summed E-state index contributed by atoms with van der Waals surface area (Å²) >= 11 is 1.13. The van der Waals surface area contributed by atoms with Gasteiger partial charge in [-0.3, -0.25) is 0 Å². The molecule has 106 valence electrons. The number of rotatable bonds is 4. The average Bonchev–Trinajstić information content (AvgIpc) is 2.75. The Kier molecular flexibility index (Phi) is 5.02. The van der Waals surface area contributed by atoms with Crippen molar-refractivity contribution in [3.63, 3.8) is 0 Å². The highest BCUT2D eigenvalue weighted by molar-refractivity contribution is 7.10. The number of nitrogens with zero attached hydrogens (tertiary/aromatic N) is 1. The molecule has 1 aromatic heterocycles. The van der Waals surface area contributed by atoms with Gasteiger partial charge in [-0.2, -0.15) is 0 Å². The Morgan fingerprint density at radius 3 is 2.63 bits per heavy atom. The summed E-state index contributed by atoms with van der Waals surface area (Å²) in [6.45, 7) is 7.23. The highest BCUT2D eigenvalue weighted by Crippen LogP contribution is 2.20. The minimum Gasteiger partial charge on any atom is -0.461 e. The number of nitrogens with two attached hydrogens (primary N) is 1. The van der Waals surface area contributed by atoms with E-state index in [0.717, 1.165) is 11.3 Å². The second-order valence-electron chi connectivity index (χ2n) is 4.80. The third-order valence-electron chi connectivity index (χ3n) is 1.93. The summed E-state index contributed by atoms with van der Waals surface area (Å²) in [6, 6.07) is -0.993. The Morgan fingerprint density at radius 1 is 1.47 bits per heavy atom. The summed E-state index contributed by atoms with van der Waals surface area (Å²) in [7, 11) is 0. The molecule has 1 heterocycles. The molecule has 0 fully saturated rings. The Balaban J connectivity index is 2.76. The first-order valence-corrected chi connectivity index (χ1v) is 6.73. The summed E-state index contributed by atoms with van der Waals surface area (Å²) in [6.07, 6.45) is 0. The molecule has 0 aliphatic heterocycles. The molecule has 0 spiro atoms. The molecule has 0 saturated carbocycles. The van der Waals surface area contributed by atoms with Gasteiger partial charge in [-0.15, -0.1) is 11.3 Å². The zero-order valence-corrected chi connectivity index (χ0v) is 12.2. The minimum atomic E-state index is -0.993. The van der Waals surface area contributed by atoms with Gasteiger partial charge in [-0.05, 0) is 27.7 Å². The SMILES string of the molecule is CCOC(=O)c1csc(C(N)C(=O)OC(C)(C)C)n1. The van der Waals surface area contributed by atoms with Crippen LogP contribution in [0.2, 0.25) is 0 Å². The molecule has 1 unspecified atom stereocenters. The van der Waals surface area contributed by atoms with Crippen LogP contribution in [0.15, 0.2) is 5.38 Å². The maximum atomic E-state index is 11.8. The Bertz CT molecular complexity index is 465. The summed E-state index contributed by atoms with van der Waals surface area (Å²) in [4.78, 5) is 27.2. The van der Waals surface area contributed by atoms with Gasteiger partial charge in [0.1, 0.15) is 10.6 Å². The predicted octanol–water partition coefficient (Wildman–Crippen LogP) is 1.66. The van der Waals surface area contributed by atoms with Crippen molar-refractivity contribution in [3.8, 4) is 0 Å². The summed E-state index contributed by atoms with van der Waals surface area (Å²) in [5.74, 6) is -1.10. The lowest BCUT2D eigenvalue weighted by Crippen LogP contribution is -2.31. The number of carbonyl (C=O) groups is 2. The van der Waals surface area contributed by atoms with E-state index in [2.05, 4.69) is 4.98 Å². The molecule has 1 atom stereocenters. The van der Waals surface area contributed by atoms with Gasteiger partial charge in [-0.25, -0.2) is 14.6 Å². The standard InChI is InChI=1S/C12H18N2O4S/c1-5-17-10(15)7-6-19-9(14-7)8(13)11(16)18-12(2,3)4/h6,8H,5,13H2,1-4H3. The number of ether oxygens (including phenoxy) is 2. The van der Waals surface area contributed by atoms with E-state index in [1.54, 1.807) is 27.7 Å². The molecule has 19 heavy (non-hydrogen) atoms. The first-order chi connectivity index (χ1) is 8.74. The van der Waals surface area contributed by atoms with Gasteiger partial charge in [0.05, 0.1) is 6.61 Å². The monoisotopic (exact) mass is 286 g/mol. The molecule has 0 bridgehead atoms. The Hall–Kier alpha value is -1.47. The largest absolute Gasteiger partial charge is 0.461 e. The van der Waals surface area contributed by atoms with E-state index in [0.29, 0.717) is 5.01 Å². The van der Waals surface area contributed by atoms with Crippen LogP contribution in [0.25, 0.3) is 0 Å². The first kappa shape index (κ1) is 15.6. The smallest absolute Gasteiger partial charge is 0.357 e. The molecule has 6 nitrogen and oxygen atoms in total. The molecular formula is C12H18N2O4S. The van der Waals surface area contributed by atoms with Crippen LogP contribution in [-0.4, -0.2) is 29.1 Å². The lowest BCUT2D eigenvalue weighted by molar-refractivity contribution is -0.156. The van der Waals surface area contributed by atoms with Crippen molar-refractivity contribution < 1.29 is 19.1 Å². The molecule has 1 rings (SSSR count). The fourth-order valence-corrected chi connectivity index (χ4v) is 1.97. The van der Waals surface area contributed by atoms with E-state index in [1.807, 2.05) is 0 Å². The first-order valence-electron chi connectivity index (χ1n) is 5.85. The van der Waals surface area contributed by atoms with E-state index in [4.69, 9.17) is 15.2 Å². The highest BCUT2D eigenvalue weighted by Gasteiger charge is 2.26. The molecule has 1 aromatic rings. The van der Waals surface area contributed by atoms with E-state index in [1.165, 1.54) is 5.38 Å². The molecule has 0 saturated heterocycles. The maximum absolute atomic E-state index is 11.8. The van der Waals surface area contributed by atoms with E-state index >= 15 is 0 Å². The molecule has 0 aliphatic carbocycles. The van der Waals surface area contributed by atoms with Crippen LogP contribution in [0.3, 0.4) is 0 Å². The Labute approximate surface area is 115 Å². The van der Waals surface area contributed by atoms with Crippen LogP contribution in [0.4, 0.5) is 0 Å². The van der Waals surface area contributed by atoms with Crippen LogP contribution in [-0.2, 0) is 14.3 Å². The van der Waals surface area contributed by atoms with Gasteiger partial charge in [0, 0.05) is 5.38 Å². The Morgan fingerprint density at radius 2 is 2.11 bits per heavy atom. The van der Waals surface area contributed by atoms with Gasteiger partial charge < -0.3 is 15.2 Å². The summed E-state index contributed by atoms with van der Waals surface area (Å²) in [5, 5.41) is 1.84. The van der Waals surface area contributed by atoms with Crippen molar-refractivity contribution in [2.75, 3.05) is 6.61 Å². The van der Waals surface area contributed by atoms with Crippen LogP contribution in [0, 0.1) is 0 Å². The maximum Gasteiger partial charge on any atom is 0.357 e. The lowest BCUT2D eigenvalue weighted by atomic mass is 10.2. The minimum absolute atomic E-state index is 0.154.